The number of aromatic nitrogens is 5. The van der Waals surface area contributed by atoms with Crippen LogP contribution in [-0.2, 0) is 23.0 Å². The molecule has 37 heavy (non-hydrogen) atoms. The average molecular weight is 536 g/mol. The van der Waals surface area contributed by atoms with Gasteiger partial charge in [0, 0.05) is 46.8 Å². The fourth-order valence-electron chi connectivity index (χ4n) is 5.27. The lowest BCUT2D eigenvalue weighted by atomic mass is 10.1. The van der Waals surface area contributed by atoms with Crippen LogP contribution in [0, 0.1) is 0 Å². The molecule has 1 fully saturated rings. The summed E-state index contributed by atoms with van der Waals surface area (Å²) in [6, 6.07) is 17.5. The first-order chi connectivity index (χ1) is 18.0. The Bertz CT molecular complexity index is 1500. The standard InChI is InChI=1S/C26H29N7O2S2/c34-37(35,28-18-26(12-4-5-13-26)36-21-6-2-1-3-7-21)22-9-8-19-10-14-27-25(23(19)17-22)29-20-11-15-33-24(16-20)30-31-32-33/h1-3,6-10,14,17,20,28H,4-5,11-13,15-16,18H2,(H,27,29). The van der Waals surface area contributed by atoms with E-state index < -0.39 is 10.0 Å². The normalized spacial score (nSPS) is 19.1. The van der Waals surface area contributed by atoms with Gasteiger partial charge >= 0.3 is 0 Å². The Hall–Kier alpha value is -3.02. The molecule has 4 aromatic rings. The SMILES string of the molecule is O=S(=O)(NCC1(Sc2ccccc2)CCCC1)c1ccc2ccnc(NC3CCn4nnnc4C3)c2c1. The Morgan fingerprint density at radius 2 is 1.92 bits per heavy atom. The van der Waals surface area contributed by atoms with Gasteiger partial charge in [-0.05, 0) is 65.4 Å². The van der Waals surface area contributed by atoms with Crippen LogP contribution in [0.3, 0.4) is 0 Å². The predicted molar refractivity (Wildman–Crippen MR) is 144 cm³/mol. The Balaban J connectivity index is 1.22. The lowest BCUT2D eigenvalue weighted by Gasteiger charge is -2.28. The number of sulfonamides is 1. The monoisotopic (exact) mass is 535 g/mol. The van der Waals surface area contributed by atoms with E-state index in [0.717, 1.165) is 55.2 Å². The minimum absolute atomic E-state index is 0.118. The van der Waals surface area contributed by atoms with Crippen LogP contribution in [0.25, 0.3) is 10.8 Å². The molecular formula is C26H29N7O2S2. The van der Waals surface area contributed by atoms with Gasteiger partial charge in [0.15, 0.2) is 5.82 Å². The van der Waals surface area contributed by atoms with Crippen LogP contribution in [0.5, 0.6) is 0 Å². The van der Waals surface area contributed by atoms with E-state index in [1.54, 1.807) is 30.1 Å². The number of aryl methyl sites for hydroxylation is 1. The first-order valence-electron chi connectivity index (χ1n) is 12.6. The molecule has 11 heteroatoms. The number of tetrazole rings is 1. The third kappa shape index (κ3) is 5.21. The van der Waals surface area contributed by atoms with Crippen molar-refractivity contribution in [2.45, 2.75) is 65.6 Å². The van der Waals surface area contributed by atoms with Crippen LogP contribution in [0.4, 0.5) is 5.82 Å². The molecule has 1 unspecified atom stereocenters. The second-order valence-corrected chi connectivity index (χ2v) is 13.1. The molecule has 1 aliphatic carbocycles. The fourth-order valence-corrected chi connectivity index (χ4v) is 7.95. The second-order valence-electron chi connectivity index (χ2n) is 9.82. The number of hydrogen-bond acceptors (Lipinski definition) is 8. The van der Waals surface area contributed by atoms with Crippen LogP contribution in [0.1, 0.15) is 37.9 Å². The van der Waals surface area contributed by atoms with Gasteiger partial charge in [-0.2, -0.15) is 0 Å². The maximum absolute atomic E-state index is 13.5. The molecule has 192 valence electrons. The van der Waals surface area contributed by atoms with E-state index in [1.807, 2.05) is 35.0 Å². The van der Waals surface area contributed by atoms with E-state index in [9.17, 15) is 8.42 Å². The van der Waals surface area contributed by atoms with Crippen molar-refractivity contribution in [3.05, 3.63) is 66.6 Å². The van der Waals surface area contributed by atoms with Crippen molar-refractivity contribution >= 4 is 38.4 Å². The molecular weight excluding hydrogens is 506 g/mol. The highest BCUT2D eigenvalue weighted by molar-refractivity contribution is 8.00. The molecule has 2 aromatic carbocycles. The zero-order valence-electron chi connectivity index (χ0n) is 20.4. The van der Waals surface area contributed by atoms with Crippen molar-refractivity contribution in [2.75, 3.05) is 11.9 Å². The lowest BCUT2D eigenvalue weighted by molar-refractivity contribution is 0.445. The van der Waals surface area contributed by atoms with E-state index >= 15 is 0 Å². The van der Waals surface area contributed by atoms with E-state index in [-0.39, 0.29) is 15.7 Å². The molecule has 2 aliphatic rings. The number of pyridine rings is 1. The summed E-state index contributed by atoms with van der Waals surface area (Å²) in [6.45, 7) is 1.14. The Kier molecular flexibility index (Phi) is 6.60. The second kappa shape index (κ2) is 10.0. The van der Waals surface area contributed by atoms with E-state index in [4.69, 9.17) is 0 Å². The molecule has 6 rings (SSSR count). The van der Waals surface area contributed by atoms with E-state index in [1.165, 1.54) is 4.90 Å². The van der Waals surface area contributed by atoms with Crippen molar-refractivity contribution in [1.29, 1.82) is 0 Å². The molecule has 0 radical (unpaired) electrons. The zero-order valence-corrected chi connectivity index (χ0v) is 22.0. The van der Waals surface area contributed by atoms with Crippen LogP contribution < -0.4 is 10.0 Å². The summed E-state index contributed by atoms with van der Waals surface area (Å²) in [5.41, 5.74) is 0. The number of hydrogen-bond donors (Lipinski definition) is 2. The Labute approximate surface area is 220 Å². The van der Waals surface area contributed by atoms with Crippen molar-refractivity contribution in [1.82, 2.24) is 29.9 Å². The molecule has 2 N–H and O–H groups in total. The van der Waals surface area contributed by atoms with Gasteiger partial charge in [0.25, 0.3) is 0 Å². The highest BCUT2D eigenvalue weighted by Crippen LogP contribution is 2.45. The highest BCUT2D eigenvalue weighted by Gasteiger charge is 2.36. The van der Waals surface area contributed by atoms with Crippen LogP contribution >= 0.6 is 11.8 Å². The van der Waals surface area contributed by atoms with Crippen LogP contribution in [0.15, 0.2) is 70.6 Å². The van der Waals surface area contributed by atoms with E-state index in [0.29, 0.717) is 18.8 Å². The number of fused-ring (bicyclic) bond motifs is 2. The molecule has 1 atom stereocenters. The smallest absolute Gasteiger partial charge is 0.240 e. The summed E-state index contributed by atoms with van der Waals surface area (Å²) in [5, 5.41) is 17.1. The van der Waals surface area contributed by atoms with Gasteiger partial charge in [0.2, 0.25) is 10.0 Å². The quantitative estimate of drug-likeness (QED) is 0.348. The van der Waals surface area contributed by atoms with Gasteiger partial charge in [0.1, 0.15) is 5.82 Å². The van der Waals surface area contributed by atoms with Crippen molar-refractivity contribution in [3.63, 3.8) is 0 Å². The van der Waals surface area contributed by atoms with Gasteiger partial charge in [-0.15, -0.1) is 16.9 Å². The topological polar surface area (TPSA) is 115 Å². The van der Waals surface area contributed by atoms with Crippen molar-refractivity contribution < 1.29 is 8.42 Å². The fraction of sp³-hybridized carbons (Fsp3) is 0.385. The first-order valence-corrected chi connectivity index (χ1v) is 14.9. The van der Waals surface area contributed by atoms with Gasteiger partial charge < -0.3 is 5.32 Å². The molecule has 0 spiro atoms. The summed E-state index contributed by atoms with van der Waals surface area (Å²) < 4.78 is 31.5. The number of anilines is 1. The summed E-state index contributed by atoms with van der Waals surface area (Å²) in [5.74, 6) is 1.51. The Morgan fingerprint density at radius 1 is 1.08 bits per heavy atom. The van der Waals surface area contributed by atoms with Crippen LogP contribution in [0.2, 0.25) is 0 Å². The molecule has 9 nitrogen and oxygen atoms in total. The summed E-state index contributed by atoms with van der Waals surface area (Å²) in [7, 11) is -3.70. The van der Waals surface area contributed by atoms with Crippen molar-refractivity contribution in [2.24, 2.45) is 0 Å². The molecule has 3 heterocycles. The molecule has 2 aromatic heterocycles. The number of benzene rings is 2. The number of rotatable bonds is 8. The maximum atomic E-state index is 13.5. The maximum Gasteiger partial charge on any atom is 0.240 e. The van der Waals surface area contributed by atoms with E-state index in [2.05, 4.69) is 42.7 Å². The summed E-state index contributed by atoms with van der Waals surface area (Å²) in [6.07, 6.45) is 7.51. The zero-order chi connectivity index (χ0) is 25.3. The molecule has 0 saturated heterocycles. The third-order valence-electron chi connectivity index (χ3n) is 7.29. The number of nitrogens with one attached hydrogen (secondary N) is 2. The van der Waals surface area contributed by atoms with Gasteiger partial charge in [0.05, 0.1) is 4.90 Å². The highest BCUT2D eigenvalue weighted by atomic mass is 32.2. The molecule has 1 aliphatic heterocycles. The molecule has 1 saturated carbocycles. The summed E-state index contributed by atoms with van der Waals surface area (Å²) >= 11 is 1.79. The van der Waals surface area contributed by atoms with Gasteiger partial charge in [-0.25, -0.2) is 22.8 Å². The number of nitrogens with zero attached hydrogens (tertiary/aromatic N) is 5. The lowest BCUT2D eigenvalue weighted by Crippen LogP contribution is -2.38. The number of thioether (sulfide) groups is 1. The van der Waals surface area contributed by atoms with Gasteiger partial charge in [-0.3, -0.25) is 0 Å². The predicted octanol–water partition coefficient (Wildman–Crippen LogP) is 4.03. The largest absolute Gasteiger partial charge is 0.366 e. The molecule has 0 bridgehead atoms. The third-order valence-corrected chi connectivity index (χ3v) is 10.2. The molecule has 0 amide bonds. The minimum Gasteiger partial charge on any atom is -0.366 e. The minimum atomic E-state index is -3.70. The van der Waals surface area contributed by atoms with Gasteiger partial charge in [-0.1, -0.05) is 37.1 Å². The average Bonchev–Trinajstić information content (AvgIpc) is 3.58. The summed E-state index contributed by atoms with van der Waals surface area (Å²) in [4.78, 5) is 5.97. The van der Waals surface area contributed by atoms with Crippen molar-refractivity contribution in [3.8, 4) is 0 Å². The van der Waals surface area contributed by atoms with Crippen LogP contribution in [-0.4, -0.2) is 50.9 Å². The Morgan fingerprint density at radius 3 is 2.76 bits per heavy atom. The first kappa shape index (κ1) is 24.3.